The number of carbonyl (C=O) groups excluding carboxylic acids is 2. The summed E-state index contributed by atoms with van der Waals surface area (Å²) in [7, 11) is 0. The number of amides is 2. The molecule has 0 radical (unpaired) electrons. The van der Waals surface area contributed by atoms with Crippen LogP contribution < -0.4 is 5.32 Å². The summed E-state index contributed by atoms with van der Waals surface area (Å²) in [5.41, 5.74) is 4.65. The van der Waals surface area contributed by atoms with Gasteiger partial charge in [0.1, 0.15) is 0 Å². The van der Waals surface area contributed by atoms with Crippen molar-refractivity contribution in [2.24, 2.45) is 11.3 Å². The standard InChI is InChI=1S/C40H44N2O4/c1-40(25-30-17-9-4-10-18-30)26-33(22-29-15-7-3-8-16-29)42(39(40)46)27-34(43)23-32(21-28-13-5-2-6-14-28)38(45)41-37-35-20-12-11-19-31(35)24-36(37)44/h2-20,32-34,36-37,43-44H,21-27H2,1H3,(H,41,45)/t32-,33+,34+,36-,37+,40+/m1/s1. The number of benzene rings is 4. The zero-order valence-corrected chi connectivity index (χ0v) is 26.5. The molecule has 4 aromatic carbocycles. The molecule has 2 amide bonds. The van der Waals surface area contributed by atoms with Crippen LogP contribution in [0.3, 0.4) is 0 Å². The first-order chi connectivity index (χ1) is 22.3. The van der Waals surface area contributed by atoms with Crippen LogP contribution in [0.5, 0.6) is 0 Å². The molecule has 0 aromatic heterocycles. The van der Waals surface area contributed by atoms with Gasteiger partial charge in [0.2, 0.25) is 11.8 Å². The Morgan fingerprint density at radius 3 is 2.13 bits per heavy atom. The fourth-order valence-electron chi connectivity index (χ4n) is 7.56. The number of aliphatic hydroxyl groups is 2. The van der Waals surface area contributed by atoms with E-state index < -0.39 is 29.6 Å². The Hall–Kier alpha value is -4.26. The van der Waals surface area contributed by atoms with Crippen molar-refractivity contribution < 1.29 is 19.8 Å². The fourth-order valence-corrected chi connectivity index (χ4v) is 7.56. The number of likely N-dealkylation sites (tertiary alicyclic amines) is 1. The number of fused-ring (bicyclic) bond motifs is 1. The average Bonchev–Trinajstić information content (AvgIpc) is 3.49. The predicted molar refractivity (Wildman–Crippen MR) is 180 cm³/mol. The average molecular weight is 617 g/mol. The van der Waals surface area contributed by atoms with Crippen molar-refractivity contribution in [3.05, 3.63) is 143 Å². The van der Waals surface area contributed by atoms with Crippen molar-refractivity contribution in [2.75, 3.05) is 6.54 Å². The van der Waals surface area contributed by atoms with Crippen LogP contribution in [0.2, 0.25) is 0 Å². The zero-order valence-electron chi connectivity index (χ0n) is 26.5. The first-order valence-corrected chi connectivity index (χ1v) is 16.5. The molecular weight excluding hydrogens is 572 g/mol. The number of nitrogens with one attached hydrogen (secondary N) is 1. The number of rotatable bonds is 12. The van der Waals surface area contributed by atoms with Gasteiger partial charge in [-0.2, -0.15) is 0 Å². The second kappa shape index (κ2) is 14.0. The Kier molecular flexibility index (Phi) is 9.67. The molecule has 0 spiro atoms. The zero-order chi connectivity index (χ0) is 32.1. The molecule has 238 valence electrons. The minimum atomic E-state index is -0.901. The fraction of sp³-hybridized carbons (Fsp3) is 0.350. The van der Waals surface area contributed by atoms with E-state index in [0.29, 0.717) is 32.1 Å². The predicted octanol–water partition coefficient (Wildman–Crippen LogP) is 5.46. The van der Waals surface area contributed by atoms with Crippen molar-refractivity contribution in [3.8, 4) is 0 Å². The van der Waals surface area contributed by atoms with E-state index in [2.05, 4.69) is 29.6 Å². The maximum atomic E-state index is 14.2. The van der Waals surface area contributed by atoms with Crippen molar-refractivity contribution >= 4 is 11.8 Å². The van der Waals surface area contributed by atoms with E-state index in [-0.39, 0.29) is 30.8 Å². The molecule has 6 nitrogen and oxygen atoms in total. The van der Waals surface area contributed by atoms with Gasteiger partial charge in [-0.1, -0.05) is 122 Å². The number of hydrogen-bond donors (Lipinski definition) is 3. The van der Waals surface area contributed by atoms with E-state index in [9.17, 15) is 19.8 Å². The maximum absolute atomic E-state index is 14.2. The lowest BCUT2D eigenvalue weighted by Gasteiger charge is -2.30. The molecule has 3 N–H and O–H groups in total. The van der Waals surface area contributed by atoms with E-state index in [0.717, 1.165) is 27.8 Å². The van der Waals surface area contributed by atoms with Gasteiger partial charge < -0.3 is 20.4 Å². The number of aliphatic hydroxyl groups excluding tert-OH is 2. The molecule has 0 saturated carbocycles. The first-order valence-electron chi connectivity index (χ1n) is 16.5. The van der Waals surface area contributed by atoms with Gasteiger partial charge in [-0.25, -0.2) is 0 Å². The number of nitrogens with zero attached hydrogens (tertiary/aromatic N) is 1. The van der Waals surface area contributed by atoms with Gasteiger partial charge in [0, 0.05) is 24.9 Å². The second-order valence-electron chi connectivity index (χ2n) is 13.5. The molecule has 46 heavy (non-hydrogen) atoms. The molecule has 1 heterocycles. The van der Waals surface area contributed by atoms with Crippen LogP contribution in [0.4, 0.5) is 0 Å². The minimum absolute atomic E-state index is 0.0473. The molecule has 1 aliphatic heterocycles. The minimum Gasteiger partial charge on any atom is -0.391 e. The van der Waals surface area contributed by atoms with Crippen molar-refractivity contribution in [2.45, 2.75) is 69.7 Å². The lowest BCUT2D eigenvalue weighted by molar-refractivity contribution is -0.137. The molecule has 1 saturated heterocycles. The van der Waals surface area contributed by atoms with Gasteiger partial charge in [0.25, 0.3) is 0 Å². The summed E-state index contributed by atoms with van der Waals surface area (Å²) in [5.74, 6) is -0.699. The highest BCUT2D eigenvalue weighted by Gasteiger charge is 2.48. The van der Waals surface area contributed by atoms with Gasteiger partial charge in [0.15, 0.2) is 0 Å². The summed E-state index contributed by atoms with van der Waals surface area (Å²) in [5, 5.41) is 25.6. The monoisotopic (exact) mass is 616 g/mol. The van der Waals surface area contributed by atoms with E-state index in [1.807, 2.05) is 103 Å². The van der Waals surface area contributed by atoms with Crippen LogP contribution in [0.1, 0.15) is 53.6 Å². The smallest absolute Gasteiger partial charge is 0.229 e. The Morgan fingerprint density at radius 2 is 1.46 bits per heavy atom. The summed E-state index contributed by atoms with van der Waals surface area (Å²) in [6, 6.07) is 37.4. The summed E-state index contributed by atoms with van der Waals surface area (Å²) >= 11 is 0. The molecule has 1 aliphatic carbocycles. The van der Waals surface area contributed by atoms with Crippen molar-refractivity contribution in [3.63, 3.8) is 0 Å². The van der Waals surface area contributed by atoms with Crippen LogP contribution in [-0.4, -0.2) is 51.7 Å². The van der Waals surface area contributed by atoms with Gasteiger partial charge in [-0.15, -0.1) is 0 Å². The highest BCUT2D eigenvalue weighted by molar-refractivity contribution is 5.85. The van der Waals surface area contributed by atoms with E-state index in [1.54, 1.807) is 0 Å². The Balaban J connectivity index is 1.21. The van der Waals surface area contributed by atoms with Gasteiger partial charge in [0.05, 0.1) is 23.7 Å². The van der Waals surface area contributed by atoms with Gasteiger partial charge in [-0.3, -0.25) is 9.59 Å². The SMILES string of the molecule is C[C@]1(Cc2ccccc2)C[C@H](Cc2ccccc2)N(C[C@@H](O)C[C@@H](Cc2ccccc2)C(=O)N[C@H]2c3ccccc3C[C@H]2O)C1=O. The third kappa shape index (κ3) is 7.24. The topological polar surface area (TPSA) is 89.9 Å². The molecule has 0 bridgehead atoms. The van der Waals surface area contributed by atoms with Crippen molar-refractivity contribution in [1.82, 2.24) is 10.2 Å². The van der Waals surface area contributed by atoms with Gasteiger partial charge in [-0.05, 0) is 59.9 Å². The summed E-state index contributed by atoms with van der Waals surface area (Å²) in [6.07, 6.45) is 1.56. The van der Waals surface area contributed by atoms with E-state index in [4.69, 9.17) is 0 Å². The Morgan fingerprint density at radius 1 is 0.870 bits per heavy atom. The molecule has 6 atom stereocenters. The van der Waals surface area contributed by atoms with E-state index >= 15 is 0 Å². The molecular formula is C40H44N2O4. The highest BCUT2D eigenvalue weighted by Crippen LogP contribution is 2.40. The number of β-amino-alcohol motifs (C(OH)–C–C–N with tert-alkyl or cyclic N) is 1. The Bertz CT molecular complexity index is 1610. The van der Waals surface area contributed by atoms with Crippen LogP contribution >= 0.6 is 0 Å². The second-order valence-corrected chi connectivity index (χ2v) is 13.5. The molecule has 4 aromatic rings. The van der Waals surface area contributed by atoms with Crippen LogP contribution in [-0.2, 0) is 35.3 Å². The molecule has 6 rings (SSSR count). The third-order valence-corrected chi connectivity index (χ3v) is 9.82. The number of carbonyl (C=O) groups is 2. The largest absolute Gasteiger partial charge is 0.391 e. The number of hydrogen-bond acceptors (Lipinski definition) is 4. The highest BCUT2D eigenvalue weighted by atomic mass is 16.3. The van der Waals surface area contributed by atoms with Crippen LogP contribution in [0.15, 0.2) is 115 Å². The van der Waals surface area contributed by atoms with E-state index in [1.165, 1.54) is 0 Å². The van der Waals surface area contributed by atoms with Crippen LogP contribution in [0, 0.1) is 11.3 Å². The first kappa shape index (κ1) is 31.7. The van der Waals surface area contributed by atoms with Crippen LogP contribution in [0.25, 0.3) is 0 Å². The summed E-state index contributed by atoms with van der Waals surface area (Å²) in [6.45, 7) is 2.21. The third-order valence-electron chi connectivity index (χ3n) is 9.82. The lowest BCUT2D eigenvalue weighted by Crippen LogP contribution is -2.44. The maximum Gasteiger partial charge on any atom is 0.229 e. The molecule has 1 fully saturated rings. The lowest BCUT2D eigenvalue weighted by atomic mass is 9.80. The molecule has 2 aliphatic rings. The normalized spacial score (nSPS) is 23.6. The summed E-state index contributed by atoms with van der Waals surface area (Å²) in [4.78, 5) is 29.9. The quantitative estimate of drug-likeness (QED) is 0.197. The summed E-state index contributed by atoms with van der Waals surface area (Å²) < 4.78 is 0. The Labute approximate surface area is 272 Å². The van der Waals surface area contributed by atoms with Crippen molar-refractivity contribution in [1.29, 1.82) is 0 Å². The van der Waals surface area contributed by atoms with Gasteiger partial charge >= 0.3 is 0 Å². The molecule has 0 unspecified atom stereocenters. The molecule has 6 heteroatoms.